The Hall–Kier alpha value is -2.09. The summed E-state index contributed by atoms with van der Waals surface area (Å²) in [6.07, 6.45) is 2.85. The number of nitrogens with one attached hydrogen (secondary N) is 2. The number of hydrazine groups is 2. The van der Waals surface area contributed by atoms with Crippen molar-refractivity contribution in [3.8, 4) is 17.1 Å². The summed E-state index contributed by atoms with van der Waals surface area (Å²) >= 11 is 11.8. The standard InChI is InChI=1S/C13H10Cl2FN5O/c1-22-11-4-8(17-6-18-11)12-9(3-2-7(14)13(12)16)21-5-10(15)19-20-21/h2-6,19-20H,1H3. The van der Waals surface area contributed by atoms with Gasteiger partial charge in [-0.1, -0.05) is 23.2 Å². The smallest absolute Gasteiger partial charge is 0.216 e. The van der Waals surface area contributed by atoms with Crippen molar-refractivity contribution in [1.29, 1.82) is 0 Å². The van der Waals surface area contributed by atoms with Gasteiger partial charge >= 0.3 is 0 Å². The summed E-state index contributed by atoms with van der Waals surface area (Å²) in [5, 5.41) is 1.87. The molecular weight excluding hydrogens is 332 g/mol. The predicted octanol–water partition coefficient (Wildman–Crippen LogP) is 2.81. The second kappa shape index (κ2) is 5.96. The van der Waals surface area contributed by atoms with Gasteiger partial charge in [-0.25, -0.2) is 14.4 Å². The number of benzene rings is 1. The minimum Gasteiger partial charge on any atom is -0.481 e. The van der Waals surface area contributed by atoms with Gasteiger partial charge in [0.05, 0.1) is 35.3 Å². The molecule has 2 aromatic rings. The normalized spacial score (nSPS) is 13.8. The Morgan fingerprint density at radius 3 is 2.77 bits per heavy atom. The van der Waals surface area contributed by atoms with Crippen LogP contribution in [-0.4, -0.2) is 17.1 Å². The van der Waals surface area contributed by atoms with Gasteiger partial charge < -0.3 is 4.74 Å². The first-order valence-electron chi connectivity index (χ1n) is 6.13. The van der Waals surface area contributed by atoms with Crippen molar-refractivity contribution >= 4 is 28.9 Å². The highest BCUT2D eigenvalue weighted by Gasteiger charge is 2.22. The molecule has 0 amide bonds. The minimum absolute atomic E-state index is 0.0152. The second-order valence-electron chi connectivity index (χ2n) is 4.28. The maximum absolute atomic E-state index is 14.6. The lowest BCUT2D eigenvalue weighted by molar-refractivity contribution is 0.397. The van der Waals surface area contributed by atoms with Crippen LogP contribution >= 0.6 is 23.2 Å². The third-order valence-corrected chi connectivity index (χ3v) is 3.46. The van der Waals surface area contributed by atoms with Crippen LogP contribution in [0.4, 0.5) is 10.1 Å². The molecule has 114 valence electrons. The first-order chi connectivity index (χ1) is 10.6. The van der Waals surface area contributed by atoms with E-state index in [-0.39, 0.29) is 10.6 Å². The zero-order chi connectivity index (χ0) is 15.7. The van der Waals surface area contributed by atoms with Gasteiger partial charge in [0.2, 0.25) is 5.88 Å². The average Bonchev–Trinajstić information content (AvgIpc) is 2.96. The Balaban J connectivity index is 2.18. The Kier molecular flexibility index (Phi) is 4.02. The van der Waals surface area contributed by atoms with Crippen molar-refractivity contribution in [2.45, 2.75) is 0 Å². The first-order valence-corrected chi connectivity index (χ1v) is 6.88. The zero-order valence-electron chi connectivity index (χ0n) is 11.3. The van der Waals surface area contributed by atoms with Crippen molar-refractivity contribution in [2.75, 3.05) is 12.1 Å². The van der Waals surface area contributed by atoms with Crippen LogP contribution in [0.15, 0.2) is 35.9 Å². The molecule has 0 atom stereocenters. The molecule has 0 spiro atoms. The van der Waals surface area contributed by atoms with E-state index in [1.807, 2.05) is 0 Å². The summed E-state index contributed by atoms with van der Waals surface area (Å²) in [5.41, 5.74) is 6.49. The van der Waals surface area contributed by atoms with E-state index in [1.165, 1.54) is 30.6 Å². The van der Waals surface area contributed by atoms with Crippen LogP contribution in [0.2, 0.25) is 5.02 Å². The summed E-state index contributed by atoms with van der Waals surface area (Å²) in [6.45, 7) is 0. The van der Waals surface area contributed by atoms with Crippen molar-refractivity contribution in [3.05, 3.63) is 46.7 Å². The topological polar surface area (TPSA) is 62.3 Å². The molecule has 0 unspecified atom stereocenters. The van der Waals surface area contributed by atoms with Gasteiger partial charge in [0.15, 0.2) is 5.82 Å². The average molecular weight is 342 g/mol. The molecule has 0 aliphatic carbocycles. The molecule has 1 aliphatic heterocycles. The molecule has 0 radical (unpaired) electrons. The highest BCUT2D eigenvalue weighted by atomic mass is 35.5. The first kappa shape index (κ1) is 14.8. The molecule has 2 heterocycles. The van der Waals surface area contributed by atoms with Crippen LogP contribution in [0.5, 0.6) is 5.88 Å². The van der Waals surface area contributed by atoms with E-state index in [9.17, 15) is 4.39 Å². The summed E-state index contributed by atoms with van der Waals surface area (Å²) in [4.78, 5) is 8.00. The maximum Gasteiger partial charge on any atom is 0.216 e. The van der Waals surface area contributed by atoms with E-state index >= 15 is 0 Å². The Bertz CT molecular complexity index is 755. The molecule has 0 bridgehead atoms. The third kappa shape index (κ3) is 2.66. The van der Waals surface area contributed by atoms with E-state index in [4.69, 9.17) is 27.9 Å². The second-order valence-corrected chi connectivity index (χ2v) is 5.10. The van der Waals surface area contributed by atoms with Crippen LogP contribution in [0.3, 0.4) is 0 Å². The summed E-state index contributed by atoms with van der Waals surface area (Å²) in [7, 11) is 1.47. The van der Waals surface area contributed by atoms with Crippen molar-refractivity contribution in [1.82, 2.24) is 20.9 Å². The van der Waals surface area contributed by atoms with Gasteiger partial charge in [0, 0.05) is 6.07 Å². The van der Waals surface area contributed by atoms with Crippen molar-refractivity contribution in [2.24, 2.45) is 0 Å². The van der Waals surface area contributed by atoms with Crippen LogP contribution in [0.1, 0.15) is 0 Å². The molecule has 0 saturated heterocycles. The molecule has 9 heteroatoms. The number of hydrogen-bond donors (Lipinski definition) is 2. The van der Waals surface area contributed by atoms with Gasteiger partial charge in [-0.3, -0.25) is 10.4 Å². The lowest BCUT2D eigenvalue weighted by Gasteiger charge is -2.19. The lowest BCUT2D eigenvalue weighted by atomic mass is 10.1. The Morgan fingerprint density at radius 1 is 1.27 bits per heavy atom. The number of nitrogens with zero attached hydrogens (tertiary/aromatic N) is 3. The van der Waals surface area contributed by atoms with Crippen molar-refractivity contribution < 1.29 is 9.13 Å². The molecule has 6 nitrogen and oxygen atoms in total. The van der Waals surface area contributed by atoms with Crippen LogP contribution in [0.25, 0.3) is 11.3 Å². The maximum atomic E-state index is 14.6. The van der Waals surface area contributed by atoms with E-state index in [0.717, 1.165) is 0 Å². The van der Waals surface area contributed by atoms with E-state index < -0.39 is 5.82 Å². The van der Waals surface area contributed by atoms with E-state index in [2.05, 4.69) is 20.9 Å². The third-order valence-electron chi connectivity index (χ3n) is 2.98. The summed E-state index contributed by atoms with van der Waals surface area (Å²) < 4.78 is 19.6. The molecular formula is C13H10Cl2FN5O. The molecule has 0 fully saturated rings. The van der Waals surface area contributed by atoms with Gasteiger partial charge in [-0.15, -0.1) is 5.53 Å². The fourth-order valence-electron chi connectivity index (χ4n) is 1.99. The Labute approximate surface area is 135 Å². The molecule has 1 aliphatic rings. The number of methoxy groups -OCH3 is 1. The summed E-state index contributed by atoms with van der Waals surface area (Å²) in [6, 6.07) is 4.62. The number of aromatic nitrogens is 2. The van der Waals surface area contributed by atoms with Crippen LogP contribution in [-0.2, 0) is 0 Å². The van der Waals surface area contributed by atoms with Crippen LogP contribution < -0.4 is 20.7 Å². The van der Waals surface area contributed by atoms with Gasteiger partial charge in [-0.05, 0) is 12.1 Å². The molecule has 22 heavy (non-hydrogen) atoms. The zero-order valence-corrected chi connectivity index (χ0v) is 12.8. The minimum atomic E-state index is -0.599. The van der Waals surface area contributed by atoms with E-state index in [0.29, 0.717) is 22.4 Å². The highest BCUT2D eigenvalue weighted by Crippen LogP contribution is 2.36. The van der Waals surface area contributed by atoms with Gasteiger partial charge in [-0.2, -0.15) is 0 Å². The number of rotatable bonds is 3. The largest absolute Gasteiger partial charge is 0.481 e. The SMILES string of the molecule is COc1cc(-c2c(N3C=C(Cl)NN3)ccc(Cl)c2F)ncn1. The van der Waals surface area contributed by atoms with Crippen LogP contribution in [0, 0.1) is 5.82 Å². The summed E-state index contributed by atoms with van der Waals surface area (Å²) in [5.74, 6) is -0.283. The fraction of sp³-hybridized carbons (Fsp3) is 0.0769. The lowest BCUT2D eigenvalue weighted by Crippen LogP contribution is -2.36. The number of hydrogen-bond acceptors (Lipinski definition) is 6. The Morgan fingerprint density at radius 2 is 2.09 bits per heavy atom. The van der Waals surface area contributed by atoms with Gasteiger partial charge in [0.1, 0.15) is 11.5 Å². The monoisotopic (exact) mass is 341 g/mol. The number of ether oxygens (including phenoxy) is 1. The predicted molar refractivity (Wildman–Crippen MR) is 81.7 cm³/mol. The van der Waals surface area contributed by atoms with Gasteiger partial charge in [0.25, 0.3) is 0 Å². The fourth-order valence-corrected chi connectivity index (χ4v) is 2.29. The van der Waals surface area contributed by atoms with E-state index in [1.54, 1.807) is 12.3 Å². The molecule has 1 aromatic carbocycles. The quantitative estimate of drug-likeness (QED) is 0.837. The highest BCUT2D eigenvalue weighted by molar-refractivity contribution is 6.31. The van der Waals surface area contributed by atoms with Crippen molar-refractivity contribution in [3.63, 3.8) is 0 Å². The molecule has 3 rings (SSSR count). The number of anilines is 1. The molecule has 0 saturated carbocycles. The molecule has 2 N–H and O–H groups in total. The molecule has 1 aromatic heterocycles. The number of halogens is 3.